The lowest BCUT2D eigenvalue weighted by Crippen LogP contribution is -2.55. The van der Waals surface area contributed by atoms with Gasteiger partial charge in [-0.25, -0.2) is 0 Å². The smallest absolute Gasteiger partial charge is 0.309 e. The number of ether oxygens (including phenoxy) is 1. The molecule has 6 nitrogen and oxygen atoms in total. The number of cyclic esters (lactones) is 1. The minimum absolute atomic E-state index is 0.00827. The van der Waals surface area contributed by atoms with Crippen molar-refractivity contribution in [3.05, 3.63) is 0 Å². The average Bonchev–Trinajstić information content (AvgIpc) is 3.09. The van der Waals surface area contributed by atoms with Gasteiger partial charge in [0.2, 0.25) is 0 Å². The summed E-state index contributed by atoms with van der Waals surface area (Å²) >= 11 is 0. The van der Waals surface area contributed by atoms with Crippen molar-refractivity contribution < 1.29 is 30.0 Å². The van der Waals surface area contributed by atoms with Gasteiger partial charge >= 0.3 is 5.97 Å². The second kappa shape index (κ2) is 9.32. The molecule has 34 heavy (non-hydrogen) atoms. The second-order valence-electron chi connectivity index (χ2n) is 13.3. The van der Waals surface area contributed by atoms with E-state index in [4.69, 9.17) is 4.74 Å². The maximum atomic E-state index is 13.0. The summed E-state index contributed by atoms with van der Waals surface area (Å²) in [7, 11) is 0. The van der Waals surface area contributed by atoms with E-state index in [1.807, 2.05) is 6.92 Å². The molecular formula is C28H48O6. The van der Waals surface area contributed by atoms with Crippen LogP contribution in [0.2, 0.25) is 0 Å². The lowest BCUT2D eigenvalue weighted by Gasteiger charge is -2.56. The molecule has 4 aliphatic rings. The highest BCUT2D eigenvalue weighted by molar-refractivity contribution is 5.74. The largest absolute Gasteiger partial charge is 0.465 e. The third-order valence-electron chi connectivity index (χ3n) is 11.5. The number of fused-ring (bicyclic) bond motifs is 5. The van der Waals surface area contributed by atoms with Crippen LogP contribution in [0.25, 0.3) is 0 Å². The van der Waals surface area contributed by atoms with Gasteiger partial charge in [0.1, 0.15) is 0 Å². The SMILES string of the molecule is CC(C)[C@@H](C)[C@@H](O)[C@@H](O)[C@@H](C)[C@H]1CC[C@H]2[C@@H]3COC(=O)[C@H]4C[C@H](O)[C@H](O)C[C@]4(C)[C@H]3CC[C@]12C. The van der Waals surface area contributed by atoms with E-state index >= 15 is 0 Å². The van der Waals surface area contributed by atoms with E-state index in [-0.39, 0.29) is 52.8 Å². The molecule has 0 aromatic heterocycles. The van der Waals surface area contributed by atoms with E-state index in [0.29, 0.717) is 30.8 Å². The molecule has 0 unspecified atom stereocenters. The summed E-state index contributed by atoms with van der Waals surface area (Å²) in [5.41, 5.74) is -0.345. The fraction of sp³-hybridized carbons (Fsp3) is 0.964. The minimum atomic E-state index is -0.867. The summed E-state index contributed by atoms with van der Waals surface area (Å²) < 4.78 is 5.86. The van der Waals surface area contributed by atoms with Crippen molar-refractivity contribution in [1.82, 2.24) is 0 Å². The van der Waals surface area contributed by atoms with Crippen molar-refractivity contribution in [3.63, 3.8) is 0 Å². The van der Waals surface area contributed by atoms with Gasteiger partial charge < -0.3 is 25.2 Å². The molecule has 0 bridgehead atoms. The van der Waals surface area contributed by atoms with Gasteiger partial charge in [-0.2, -0.15) is 0 Å². The molecule has 196 valence electrons. The van der Waals surface area contributed by atoms with Gasteiger partial charge in [0.05, 0.1) is 36.9 Å². The summed E-state index contributed by atoms with van der Waals surface area (Å²) in [5.74, 6) is 0.948. The zero-order valence-corrected chi connectivity index (χ0v) is 22.0. The number of hydrogen-bond acceptors (Lipinski definition) is 6. The van der Waals surface area contributed by atoms with Crippen molar-refractivity contribution in [3.8, 4) is 0 Å². The van der Waals surface area contributed by atoms with Crippen molar-refractivity contribution in [2.45, 2.75) is 104 Å². The highest BCUT2D eigenvalue weighted by Crippen LogP contribution is 2.66. The van der Waals surface area contributed by atoms with Gasteiger partial charge in [-0.1, -0.05) is 41.5 Å². The molecule has 6 heteroatoms. The fourth-order valence-electron chi connectivity index (χ4n) is 8.95. The number of hydrogen-bond donors (Lipinski definition) is 4. The Morgan fingerprint density at radius 2 is 1.56 bits per heavy atom. The molecule has 4 rings (SSSR count). The Labute approximate surface area is 205 Å². The van der Waals surface area contributed by atoms with Gasteiger partial charge in [-0.05, 0) is 90.8 Å². The number of aliphatic hydroxyl groups is 4. The molecular weight excluding hydrogens is 432 g/mol. The third-order valence-corrected chi connectivity index (χ3v) is 11.5. The Hall–Kier alpha value is -0.690. The summed E-state index contributed by atoms with van der Waals surface area (Å²) in [6.07, 6.45) is 1.61. The molecule has 4 N–H and O–H groups in total. The summed E-state index contributed by atoms with van der Waals surface area (Å²) in [5, 5.41) is 42.9. The van der Waals surface area contributed by atoms with E-state index in [2.05, 4.69) is 34.6 Å². The lowest BCUT2D eigenvalue weighted by molar-refractivity contribution is -0.162. The Morgan fingerprint density at radius 1 is 0.912 bits per heavy atom. The van der Waals surface area contributed by atoms with Crippen molar-refractivity contribution in [2.24, 2.45) is 58.2 Å². The predicted octanol–water partition coefficient (Wildman–Crippen LogP) is 3.39. The van der Waals surface area contributed by atoms with Gasteiger partial charge in [0.15, 0.2) is 0 Å². The number of carbonyl (C=O) groups is 1. The van der Waals surface area contributed by atoms with Gasteiger partial charge in [-0.3, -0.25) is 4.79 Å². The van der Waals surface area contributed by atoms with Crippen LogP contribution in [-0.2, 0) is 9.53 Å². The molecule has 1 saturated heterocycles. The monoisotopic (exact) mass is 480 g/mol. The third kappa shape index (κ3) is 4.05. The zero-order valence-electron chi connectivity index (χ0n) is 22.0. The minimum Gasteiger partial charge on any atom is -0.465 e. The van der Waals surface area contributed by atoms with Gasteiger partial charge in [0.25, 0.3) is 0 Å². The van der Waals surface area contributed by atoms with E-state index < -0.39 is 24.4 Å². The highest BCUT2D eigenvalue weighted by Gasteiger charge is 2.63. The van der Waals surface area contributed by atoms with Crippen LogP contribution in [0.4, 0.5) is 0 Å². The Balaban J connectivity index is 1.58. The molecule has 0 aromatic rings. The lowest BCUT2D eigenvalue weighted by atomic mass is 9.48. The van der Waals surface area contributed by atoms with Gasteiger partial charge in [0, 0.05) is 0 Å². The van der Waals surface area contributed by atoms with E-state index in [9.17, 15) is 25.2 Å². The van der Waals surface area contributed by atoms with Crippen molar-refractivity contribution in [2.75, 3.05) is 6.61 Å². The van der Waals surface area contributed by atoms with Crippen LogP contribution in [0, 0.1) is 58.2 Å². The quantitative estimate of drug-likeness (QED) is 0.450. The summed E-state index contributed by atoms with van der Waals surface area (Å²) in [6.45, 7) is 13.2. The van der Waals surface area contributed by atoms with Gasteiger partial charge in [-0.15, -0.1) is 0 Å². The first kappa shape index (κ1) is 26.4. The summed E-state index contributed by atoms with van der Waals surface area (Å²) in [6, 6.07) is 0. The molecule has 1 heterocycles. The molecule has 0 amide bonds. The molecule has 0 spiro atoms. The topological polar surface area (TPSA) is 107 Å². The number of carbonyl (C=O) groups excluding carboxylic acids is 1. The maximum Gasteiger partial charge on any atom is 0.309 e. The number of aliphatic hydroxyl groups excluding tert-OH is 4. The average molecular weight is 481 g/mol. The summed E-state index contributed by atoms with van der Waals surface area (Å²) in [4.78, 5) is 13.0. The normalized spacial score (nSPS) is 48.1. The second-order valence-corrected chi connectivity index (χ2v) is 13.3. The Bertz CT molecular complexity index is 755. The highest BCUT2D eigenvalue weighted by atomic mass is 16.5. The molecule has 4 fully saturated rings. The van der Waals surface area contributed by atoms with Crippen LogP contribution >= 0.6 is 0 Å². The molecule has 0 radical (unpaired) electrons. The Morgan fingerprint density at radius 3 is 2.21 bits per heavy atom. The number of rotatable bonds is 5. The number of esters is 1. The van der Waals surface area contributed by atoms with Crippen LogP contribution in [0.3, 0.4) is 0 Å². The van der Waals surface area contributed by atoms with Crippen LogP contribution in [-0.4, -0.2) is 57.4 Å². The standard InChI is InChI=1S/C28H48O6/c1-14(2)15(3)24(31)25(32)16(4)18-7-8-19-17-13-34-26(33)21-11-22(29)23(30)12-28(21,6)20(17)9-10-27(18,19)5/h14-25,29-32H,7-13H2,1-6H3/t15-,16+,17+,18-,19+,20+,21-,22+,23-,24-,25+,27-,28-/m1/s1. The molecule has 0 aromatic carbocycles. The Kier molecular flexibility index (Phi) is 7.23. The molecule has 13 atom stereocenters. The van der Waals surface area contributed by atoms with E-state index in [1.54, 1.807) is 0 Å². The maximum absolute atomic E-state index is 13.0. The predicted molar refractivity (Wildman–Crippen MR) is 130 cm³/mol. The van der Waals surface area contributed by atoms with Crippen LogP contribution in [0.1, 0.15) is 80.1 Å². The molecule has 3 aliphatic carbocycles. The van der Waals surface area contributed by atoms with E-state index in [1.165, 1.54) is 0 Å². The molecule has 1 aliphatic heterocycles. The van der Waals surface area contributed by atoms with Crippen molar-refractivity contribution >= 4 is 5.97 Å². The fourth-order valence-corrected chi connectivity index (χ4v) is 8.95. The zero-order chi connectivity index (χ0) is 25.2. The van der Waals surface area contributed by atoms with Crippen LogP contribution in [0.5, 0.6) is 0 Å². The van der Waals surface area contributed by atoms with Crippen molar-refractivity contribution in [1.29, 1.82) is 0 Å². The van der Waals surface area contributed by atoms with Crippen LogP contribution < -0.4 is 0 Å². The van der Waals surface area contributed by atoms with E-state index in [0.717, 1.165) is 25.7 Å². The van der Waals surface area contributed by atoms with Crippen LogP contribution in [0.15, 0.2) is 0 Å². The first-order valence-corrected chi connectivity index (χ1v) is 13.7. The molecule has 3 saturated carbocycles. The first-order valence-electron chi connectivity index (χ1n) is 13.7. The first-order chi connectivity index (χ1) is 15.8.